The predicted octanol–water partition coefficient (Wildman–Crippen LogP) is 2.05. The van der Waals surface area contributed by atoms with E-state index in [1.165, 1.54) is 12.1 Å². The molecule has 0 heterocycles. The van der Waals surface area contributed by atoms with Crippen molar-refractivity contribution in [2.24, 2.45) is 5.73 Å². The Morgan fingerprint density at radius 3 is 2.46 bits per heavy atom. The van der Waals surface area contributed by atoms with Crippen LogP contribution >= 0.6 is 0 Å². The van der Waals surface area contributed by atoms with Gasteiger partial charge in [-0.25, -0.2) is 4.39 Å². The Hall–Kier alpha value is -1.38. The standard InChI is InChI=1S/C10H12FNO/c1-6(2)9-7(10(12)13)4-3-5-8(9)11/h3-6H,1-2H3,(H2,12,13). The van der Waals surface area contributed by atoms with Crippen LogP contribution in [-0.2, 0) is 0 Å². The monoisotopic (exact) mass is 181 g/mol. The summed E-state index contributed by atoms with van der Waals surface area (Å²) < 4.78 is 13.3. The molecule has 0 atom stereocenters. The summed E-state index contributed by atoms with van der Waals surface area (Å²) in [4.78, 5) is 10.9. The van der Waals surface area contributed by atoms with Crippen LogP contribution in [0.4, 0.5) is 4.39 Å². The second kappa shape index (κ2) is 3.56. The van der Waals surface area contributed by atoms with Gasteiger partial charge in [0, 0.05) is 11.1 Å². The van der Waals surface area contributed by atoms with Gasteiger partial charge in [-0.2, -0.15) is 0 Å². The van der Waals surface area contributed by atoms with Gasteiger partial charge < -0.3 is 5.73 Å². The van der Waals surface area contributed by atoms with Crippen molar-refractivity contribution in [2.45, 2.75) is 19.8 Å². The van der Waals surface area contributed by atoms with Crippen molar-refractivity contribution >= 4 is 5.91 Å². The maximum atomic E-state index is 13.3. The molecule has 0 spiro atoms. The first-order valence-electron chi connectivity index (χ1n) is 4.12. The topological polar surface area (TPSA) is 43.1 Å². The Morgan fingerprint density at radius 1 is 1.46 bits per heavy atom. The molecule has 0 bridgehead atoms. The van der Waals surface area contributed by atoms with E-state index in [9.17, 15) is 9.18 Å². The van der Waals surface area contributed by atoms with Crippen molar-refractivity contribution in [3.8, 4) is 0 Å². The van der Waals surface area contributed by atoms with Gasteiger partial charge >= 0.3 is 0 Å². The Morgan fingerprint density at radius 2 is 2.08 bits per heavy atom. The van der Waals surface area contributed by atoms with Crippen molar-refractivity contribution in [3.05, 3.63) is 35.1 Å². The van der Waals surface area contributed by atoms with Gasteiger partial charge in [0.1, 0.15) is 5.82 Å². The van der Waals surface area contributed by atoms with Gasteiger partial charge in [-0.15, -0.1) is 0 Å². The van der Waals surface area contributed by atoms with E-state index in [0.717, 1.165) is 0 Å². The smallest absolute Gasteiger partial charge is 0.249 e. The molecular formula is C10H12FNO. The Balaban J connectivity index is 3.34. The first-order valence-corrected chi connectivity index (χ1v) is 4.12. The van der Waals surface area contributed by atoms with Gasteiger partial charge in [-0.3, -0.25) is 4.79 Å². The van der Waals surface area contributed by atoms with E-state index in [1.807, 2.05) is 13.8 Å². The number of carbonyl (C=O) groups excluding carboxylic acids is 1. The highest BCUT2D eigenvalue weighted by molar-refractivity contribution is 5.94. The van der Waals surface area contributed by atoms with Crippen molar-refractivity contribution < 1.29 is 9.18 Å². The van der Waals surface area contributed by atoms with E-state index in [2.05, 4.69) is 0 Å². The fourth-order valence-corrected chi connectivity index (χ4v) is 1.34. The lowest BCUT2D eigenvalue weighted by molar-refractivity contribution is 0.0998. The number of carbonyl (C=O) groups is 1. The lowest BCUT2D eigenvalue weighted by Crippen LogP contribution is -2.15. The second-order valence-corrected chi connectivity index (χ2v) is 3.22. The van der Waals surface area contributed by atoms with Crippen LogP contribution in [0.2, 0.25) is 0 Å². The van der Waals surface area contributed by atoms with Crippen molar-refractivity contribution in [3.63, 3.8) is 0 Å². The van der Waals surface area contributed by atoms with E-state index in [-0.39, 0.29) is 17.3 Å². The molecule has 13 heavy (non-hydrogen) atoms. The highest BCUT2D eigenvalue weighted by atomic mass is 19.1. The maximum absolute atomic E-state index is 13.3. The molecule has 0 radical (unpaired) electrons. The SMILES string of the molecule is CC(C)c1c(F)cccc1C(N)=O. The largest absolute Gasteiger partial charge is 0.366 e. The molecule has 0 aromatic heterocycles. The summed E-state index contributed by atoms with van der Waals surface area (Å²) in [6.07, 6.45) is 0. The van der Waals surface area contributed by atoms with E-state index >= 15 is 0 Å². The molecule has 2 nitrogen and oxygen atoms in total. The van der Waals surface area contributed by atoms with Gasteiger partial charge in [0.25, 0.3) is 0 Å². The molecule has 3 heteroatoms. The summed E-state index contributed by atoms with van der Waals surface area (Å²) in [6, 6.07) is 4.36. The minimum absolute atomic E-state index is 0.0382. The lowest BCUT2D eigenvalue weighted by Gasteiger charge is -2.10. The van der Waals surface area contributed by atoms with Gasteiger partial charge in [-0.05, 0) is 18.1 Å². The molecule has 0 aliphatic rings. The number of benzene rings is 1. The third-order valence-corrected chi connectivity index (χ3v) is 1.90. The molecular weight excluding hydrogens is 169 g/mol. The quantitative estimate of drug-likeness (QED) is 0.745. The number of halogens is 1. The molecule has 1 aromatic carbocycles. The molecule has 0 unspecified atom stereocenters. The maximum Gasteiger partial charge on any atom is 0.249 e. The number of rotatable bonds is 2. The van der Waals surface area contributed by atoms with Crippen LogP contribution in [0.1, 0.15) is 35.7 Å². The molecule has 0 aliphatic carbocycles. The zero-order valence-corrected chi connectivity index (χ0v) is 7.67. The van der Waals surface area contributed by atoms with Crippen LogP contribution in [-0.4, -0.2) is 5.91 Å². The third kappa shape index (κ3) is 1.86. The number of amides is 1. The fourth-order valence-electron chi connectivity index (χ4n) is 1.34. The average molecular weight is 181 g/mol. The van der Waals surface area contributed by atoms with Crippen molar-refractivity contribution in [1.29, 1.82) is 0 Å². The third-order valence-electron chi connectivity index (χ3n) is 1.90. The lowest BCUT2D eigenvalue weighted by atomic mass is 9.96. The number of nitrogens with two attached hydrogens (primary N) is 1. The van der Waals surface area contributed by atoms with Crippen LogP contribution in [0.5, 0.6) is 0 Å². The Kier molecular flexibility index (Phi) is 2.66. The molecule has 0 aliphatic heterocycles. The number of hydrogen-bond donors (Lipinski definition) is 1. The summed E-state index contributed by atoms with van der Waals surface area (Å²) in [5.74, 6) is -0.988. The minimum Gasteiger partial charge on any atom is -0.366 e. The number of hydrogen-bond acceptors (Lipinski definition) is 1. The van der Waals surface area contributed by atoms with E-state index in [4.69, 9.17) is 5.73 Å². The van der Waals surface area contributed by atoms with E-state index in [0.29, 0.717) is 5.56 Å². The molecule has 1 amide bonds. The Bertz CT molecular complexity index is 334. The summed E-state index contributed by atoms with van der Waals surface area (Å²) in [5.41, 5.74) is 5.79. The molecule has 2 N–H and O–H groups in total. The fraction of sp³-hybridized carbons (Fsp3) is 0.300. The van der Waals surface area contributed by atoms with Gasteiger partial charge in [-0.1, -0.05) is 19.9 Å². The summed E-state index contributed by atoms with van der Waals surface area (Å²) in [5, 5.41) is 0. The average Bonchev–Trinajstić information content (AvgIpc) is 2.02. The van der Waals surface area contributed by atoms with E-state index < -0.39 is 5.91 Å². The van der Waals surface area contributed by atoms with Crippen LogP contribution in [0.25, 0.3) is 0 Å². The summed E-state index contributed by atoms with van der Waals surface area (Å²) >= 11 is 0. The van der Waals surface area contributed by atoms with Crippen LogP contribution in [0, 0.1) is 5.82 Å². The van der Waals surface area contributed by atoms with Gasteiger partial charge in [0.15, 0.2) is 0 Å². The van der Waals surface area contributed by atoms with Gasteiger partial charge in [0.05, 0.1) is 0 Å². The first-order chi connectivity index (χ1) is 6.04. The van der Waals surface area contributed by atoms with Crippen molar-refractivity contribution in [2.75, 3.05) is 0 Å². The highest BCUT2D eigenvalue weighted by Gasteiger charge is 2.14. The second-order valence-electron chi connectivity index (χ2n) is 3.22. The molecule has 1 rings (SSSR count). The Labute approximate surface area is 76.6 Å². The minimum atomic E-state index is -0.580. The molecule has 0 saturated heterocycles. The van der Waals surface area contributed by atoms with Crippen LogP contribution in [0.15, 0.2) is 18.2 Å². The highest BCUT2D eigenvalue weighted by Crippen LogP contribution is 2.22. The molecule has 0 fully saturated rings. The van der Waals surface area contributed by atoms with Gasteiger partial charge in [0.2, 0.25) is 5.91 Å². The van der Waals surface area contributed by atoms with Crippen molar-refractivity contribution in [1.82, 2.24) is 0 Å². The molecule has 70 valence electrons. The predicted molar refractivity (Wildman–Crippen MR) is 49.0 cm³/mol. The normalized spacial score (nSPS) is 10.5. The first kappa shape index (κ1) is 9.71. The van der Waals surface area contributed by atoms with E-state index in [1.54, 1.807) is 6.07 Å². The number of primary amides is 1. The van der Waals surface area contributed by atoms with Crippen LogP contribution < -0.4 is 5.73 Å². The molecule has 0 saturated carbocycles. The van der Waals surface area contributed by atoms with Crippen LogP contribution in [0.3, 0.4) is 0 Å². The molecule has 1 aromatic rings. The summed E-state index contributed by atoms with van der Waals surface area (Å²) in [6.45, 7) is 3.65. The zero-order chi connectivity index (χ0) is 10.0. The zero-order valence-electron chi connectivity index (χ0n) is 7.67. The summed E-state index contributed by atoms with van der Waals surface area (Å²) in [7, 11) is 0.